The van der Waals surface area contributed by atoms with Crippen molar-refractivity contribution in [2.45, 2.75) is 44.1 Å². The van der Waals surface area contributed by atoms with Crippen LogP contribution in [0.1, 0.15) is 37.7 Å². The number of hydrogen-bond acceptors (Lipinski definition) is 4. The highest BCUT2D eigenvalue weighted by atomic mass is 19.1. The van der Waals surface area contributed by atoms with Gasteiger partial charge in [0.2, 0.25) is 0 Å². The molecule has 1 amide bonds. The number of carbonyl (C=O) groups excluding carboxylic acids is 2. The highest BCUT2D eigenvalue weighted by molar-refractivity contribution is 5.82. The highest BCUT2D eigenvalue weighted by Gasteiger charge is 2.38. The lowest BCUT2D eigenvalue weighted by atomic mass is 9.81. The second-order valence-corrected chi connectivity index (χ2v) is 6.12. The van der Waals surface area contributed by atoms with Crippen LogP contribution in [0.3, 0.4) is 0 Å². The molecule has 5 nitrogen and oxygen atoms in total. The van der Waals surface area contributed by atoms with Crippen LogP contribution in [0.4, 0.5) is 4.39 Å². The first-order chi connectivity index (χ1) is 11.5. The number of esters is 1. The number of hydrogen-bond donors (Lipinski definition) is 0. The first kappa shape index (κ1) is 17.9. The average Bonchev–Trinajstić information content (AvgIpc) is 2.61. The van der Waals surface area contributed by atoms with Crippen molar-refractivity contribution in [1.82, 2.24) is 4.90 Å². The molecule has 24 heavy (non-hydrogen) atoms. The number of carbonyl (C=O) groups is 2. The summed E-state index contributed by atoms with van der Waals surface area (Å²) >= 11 is 0. The Morgan fingerprint density at radius 2 is 1.88 bits per heavy atom. The largest absolute Gasteiger partial charge is 0.455 e. The van der Waals surface area contributed by atoms with Crippen molar-refractivity contribution in [1.29, 1.82) is 5.26 Å². The zero-order chi connectivity index (χ0) is 17.6. The second kappa shape index (κ2) is 7.91. The fraction of sp³-hybridized carbons (Fsp3) is 0.500. The van der Waals surface area contributed by atoms with Crippen LogP contribution in [0.2, 0.25) is 0 Å². The predicted molar refractivity (Wildman–Crippen MR) is 85.3 cm³/mol. The molecule has 1 aromatic rings. The van der Waals surface area contributed by atoms with Gasteiger partial charge in [0.1, 0.15) is 11.4 Å². The van der Waals surface area contributed by atoms with Crippen molar-refractivity contribution >= 4 is 11.9 Å². The van der Waals surface area contributed by atoms with E-state index in [2.05, 4.69) is 6.07 Å². The zero-order valence-corrected chi connectivity index (χ0v) is 13.8. The van der Waals surface area contributed by atoms with Gasteiger partial charge in [0.15, 0.2) is 6.61 Å². The molecule has 1 aromatic carbocycles. The molecule has 128 valence electrons. The number of amides is 1. The van der Waals surface area contributed by atoms with Crippen LogP contribution in [0, 0.1) is 17.1 Å². The number of benzene rings is 1. The van der Waals surface area contributed by atoms with E-state index in [0.29, 0.717) is 18.4 Å². The number of halogens is 1. The fourth-order valence-corrected chi connectivity index (χ4v) is 2.96. The van der Waals surface area contributed by atoms with Crippen LogP contribution in [0.5, 0.6) is 0 Å². The number of nitrogens with zero attached hydrogens (tertiary/aromatic N) is 2. The molecule has 0 aliphatic heterocycles. The van der Waals surface area contributed by atoms with E-state index >= 15 is 0 Å². The van der Waals surface area contributed by atoms with Crippen LogP contribution >= 0.6 is 0 Å². The summed E-state index contributed by atoms with van der Waals surface area (Å²) in [7, 11) is 1.59. The molecule has 0 atom stereocenters. The Hall–Kier alpha value is -2.42. The lowest BCUT2D eigenvalue weighted by Gasteiger charge is -2.38. The normalized spacial score (nSPS) is 16.0. The standard InChI is InChI=1S/C18H21FN2O3/c1-21(18(13-20)9-3-2-4-10-18)16(22)12-24-17(23)11-14-5-7-15(19)8-6-14/h5-8H,2-4,9-12H2,1H3. The topological polar surface area (TPSA) is 70.4 Å². The summed E-state index contributed by atoms with van der Waals surface area (Å²) in [6, 6.07) is 7.78. The van der Waals surface area contributed by atoms with Gasteiger partial charge < -0.3 is 9.64 Å². The molecule has 0 aromatic heterocycles. The minimum absolute atomic E-state index is 0.0271. The van der Waals surface area contributed by atoms with Crippen LogP contribution < -0.4 is 0 Å². The summed E-state index contributed by atoms with van der Waals surface area (Å²) in [4.78, 5) is 25.5. The average molecular weight is 332 g/mol. The van der Waals surface area contributed by atoms with E-state index in [9.17, 15) is 19.2 Å². The lowest BCUT2D eigenvalue weighted by Crippen LogP contribution is -2.51. The molecule has 0 spiro atoms. The van der Waals surface area contributed by atoms with Crippen molar-refractivity contribution in [2.75, 3.05) is 13.7 Å². The van der Waals surface area contributed by atoms with E-state index in [1.165, 1.54) is 29.2 Å². The molecular weight excluding hydrogens is 311 g/mol. The second-order valence-electron chi connectivity index (χ2n) is 6.12. The Bertz CT molecular complexity index is 631. The Morgan fingerprint density at radius 1 is 1.25 bits per heavy atom. The van der Waals surface area contributed by atoms with Gasteiger partial charge in [-0.15, -0.1) is 0 Å². The molecule has 0 heterocycles. The molecular formula is C18H21FN2O3. The van der Waals surface area contributed by atoms with Gasteiger partial charge in [-0.05, 0) is 30.5 Å². The van der Waals surface area contributed by atoms with Crippen LogP contribution in [-0.2, 0) is 20.7 Å². The van der Waals surface area contributed by atoms with E-state index in [1.807, 2.05) is 0 Å². The van der Waals surface area contributed by atoms with Gasteiger partial charge in [-0.3, -0.25) is 9.59 Å². The first-order valence-electron chi connectivity index (χ1n) is 8.05. The summed E-state index contributed by atoms with van der Waals surface area (Å²) in [6.07, 6.45) is 4.16. The molecule has 6 heteroatoms. The first-order valence-corrected chi connectivity index (χ1v) is 8.05. The molecule has 0 bridgehead atoms. The highest BCUT2D eigenvalue weighted by Crippen LogP contribution is 2.32. The van der Waals surface area contributed by atoms with Gasteiger partial charge in [0.05, 0.1) is 12.5 Å². The Kier molecular flexibility index (Phi) is 5.91. The smallest absolute Gasteiger partial charge is 0.310 e. The molecule has 0 unspecified atom stereocenters. The number of nitriles is 1. The maximum absolute atomic E-state index is 12.8. The third kappa shape index (κ3) is 4.31. The summed E-state index contributed by atoms with van der Waals surface area (Å²) in [5, 5.41) is 9.47. The monoisotopic (exact) mass is 332 g/mol. The molecule has 2 rings (SSSR count). The maximum Gasteiger partial charge on any atom is 0.310 e. The maximum atomic E-state index is 12.8. The van der Waals surface area contributed by atoms with Gasteiger partial charge in [0.25, 0.3) is 5.91 Å². The van der Waals surface area contributed by atoms with E-state index in [1.54, 1.807) is 7.05 Å². The molecule has 0 radical (unpaired) electrons. The minimum atomic E-state index is -0.793. The van der Waals surface area contributed by atoms with Gasteiger partial charge >= 0.3 is 5.97 Å². The molecule has 1 aliphatic carbocycles. The molecule has 0 N–H and O–H groups in total. The molecule has 1 aliphatic rings. The van der Waals surface area contributed by atoms with Gasteiger partial charge in [-0.1, -0.05) is 31.4 Å². The Balaban J connectivity index is 1.86. The molecule has 0 saturated heterocycles. The third-order valence-corrected chi connectivity index (χ3v) is 4.52. The van der Waals surface area contributed by atoms with E-state index in [-0.39, 0.29) is 24.8 Å². The lowest BCUT2D eigenvalue weighted by molar-refractivity contribution is -0.153. The van der Waals surface area contributed by atoms with Crippen molar-refractivity contribution in [3.8, 4) is 6.07 Å². The summed E-state index contributed by atoms with van der Waals surface area (Å²) in [5.41, 5.74) is -0.179. The van der Waals surface area contributed by atoms with Gasteiger partial charge in [-0.2, -0.15) is 5.26 Å². The Morgan fingerprint density at radius 3 is 2.46 bits per heavy atom. The van der Waals surface area contributed by atoms with E-state index < -0.39 is 11.5 Å². The number of likely N-dealkylation sites (N-methyl/N-ethyl adjacent to an activating group) is 1. The van der Waals surface area contributed by atoms with Gasteiger partial charge in [-0.25, -0.2) is 4.39 Å². The summed E-state index contributed by atoms with van der Waals surface area (Å²) < 4.78 is 17.8. The van der Waals surface area contributed by atoms with E-state index in [0.717, 1.165) is 19.3 Å². The van der Waals surface area contributed by atoms with Crippen molar-refractivity contribution in [3.63, 3.8) is 0 Å². The predicted octanol–water partition coefficient (Wildman–Crippen LogP) is 2.60. The van der Waals surface area contributed by atoms with Gasteiger partial charge in [0, 0.05) is 7.05 Å². The summed E-state index contributed by atoms with van der Waals surface area (Å²) in [6.45, 7) is -0.389. The number of ether oxygens (including phenoxy) is 1. The minimum Gasteiger partial charge on any atom is -0.455 e. The van der Waals surface area contributed by atoms with Crippen LogP contribution in [0.25, 0.3) is 0 Å². The van der Waals surface area contributed by atoms with Crippen LogP contribution in [0.15, 0.2) is 24.3 Å². The zero-order valence-electron chi connectivity index (χ0n) is 13.8. The number of rotatable bonds is 5. The van der Waals surface area contributed by atoms with Crippen molar-refractivity contribution in [3.05, 3.63) is 35.6 Å². The van der Waals surface area contributed by atoms with Crippen molar-refractivity contribution in [2.24, 2.45) is 0 Å². The SMILES string of the molecule is CN(C(=O)COC(=O)Cc1ccc(F)cc1)C1(C#N)CCCCC1. The molecule has 1 saturated carbocycles. The third-order valence-electron chi connectivity index (χ3n) is 4.52. The quantitative estimate of drug-likeness (QED) is 0.777. The molecule has 1 fully saturated rings. The van der Waals surface area contributed by atoms with Crippen molar-refractivity contribution < 1.29 is 18.7 Å². The van der Waals surface area contributed by atoms with Crippen LogP contribution in [-0.4, -0.2) is 36.0 Å². The Labute approximate surface area is 141 Å². The summed E-state index contributed by atoms with van der Waals surface area (Å²) in [5.74, 6) is -1.32. The van der Waals surface area contributed by atoms with E-state index in [4.69, 9.17) is 4.74 Å². The fourth-order valence-electron chi connectivity index (χ4n) is 2.96.